The van der Waals surface area contributed by atoms with Gasteiger partial charge in [0.25, 0.3) is 23.6 Å². The van der Waals surface area contributed by atoms with E-state index in [1.54, 1.807) is 23.9 Å². The average molecular weight is 697 g/mol. The molecule has 4 bridgehead atoms. The molecule has 4 N–H and O–H groups in total. The van der Waals surface area contributed by atoms with E-state index in [0.29, 0.717) is 0 Å². The highest BCUT2D eigenvalue weighted by Gasteiger charge is 2.87. The van der Waals surface area contributed by atoms with Crippen molar-refractivity contribution in [1.29, 1.82) is 0 Å². The van der Waals surface area contributed by atoms with Gasteiger partial charge in [-0.25, -0.2) is 0 Å². The molecule has 4 amide bonds. The van der Waals surface area contributed by atoms with Gasteiger partial charge in [0.2, 0.25) is 9.74 Å². The van der Waals surface area contributed by atoms with Gasteiger partial charge in [-0.2, -0.15) is 0 Å². The van der Waals surface area contributed by atoms with Crippen LogP contribution in [-0.4, -0.2) is 113 Å². The molecule has 0 saturated carbocycles. The van der Waals surface area contributed by atoms with E-state index in [1.807, 2.05) is 48.5 Å². The number of piperazine rings is 2. The Labute approximate surface area is 279 Å². The van der Waals surface area contributed by atoms with Crippen LogP contribution < -0.4 is 10.6 Å². The summed E-state index contributed by atoms with van der Waals surface area (Å²) in [4.78, 5) is 59.0. The summed E-state index contributed by atoms with van der Waals surface area (Å²) in [6.45, 7) is -1.07. The van der Waals surface area contributed by atoms with Gasteiger partial charge in [0.15, 0.2) is 9.74 Å². The first-order chi connectivity index (χ1) is 22.1. The standard InChI is InChI=1S/C30H28N6O6S4/c1-33-21(39)27-11-25(15-7-3-5-9-17(15)31-19(25)35(27)23(41)29(33,13-37)45-43-27)26-12-28-22(40)34(2)30(14-38,46-44-28)24(42)36(28)20(26)32-18-10-6-4-8-16(18)26/h3-10,19-20,31-32,37-38H,11-14H2,1-2H3/t19-,20-,25+,26?,27+,28+,29+,30+/m0/s1. The number of aliphatic hydroxyl groups is 2. The maximum Gasteiger partial charge on any atom is 0.265 e. The molecule has 2 spiro atoms. The van der Waals surface area contributed by atoms with E-state index < -0.39 is 55.9 Å². The van der Waals surface area contributed by atoms with Crippen molar-refractivity contribution >= 4 is 78.2 Å². The molecule has 0 aliphatic carbocycles. The number of nitrogens with one attached hydrogen (secondary N) is 2. The molecule has 46 heavy (non-hydrogen) atoms. The van der Waals surface area contributed by atoms with Crippen LogP contribution in [0.3, 0.4) is 0 Å². The number of anilines is 2. The van der Waals surface area contributed by atoms with Crippen molar-refractivity contribution in [1.82, 2.24) is 19.6 Å². The molecule has 8 fully saturated rings. The first-order valence-corrected chi connectivity index (χ1v) is 19.3. The highest BCUT2D eigenvalue weighted by Crippen LogP contribution is 2.78. The van der Waals surface area contributed by atoms with Crippen molar-refractivity contribution in [3.05, 3.63) is 59.7 Å². The van der Waals surface area contributed by atoms with Crippen molar-refractivity contribution in [2.45, 2.75) is 55.5 Å². The fourth-order valence-electron chi connectivity index (χ4n) is 9.92. The number of rotatable bonds is 3. The normalized spacial score (nSPS) is 43.7. The average Bonchev–Trinajstić information content (AvgIpc) is 3.75. The van der Waals surface area contributed by atoms with Crippen LogP contribution in [0.4, 0.5) is 11.4 Å². The van der Waals surface area contributed by atoms with Gasteiger partial charge in [-0.05, 0) is 44.8 Å². The smallest absolute Gasteiger partial charge is 0.265 e. The van der Waals surface area contributed by atoms with Gasteiger partial charge in [0, 0.05) is 38.3 Å². The third kappa shape index (κ3) is 2.48. The summed E-state index contributed by atoms with van der Waals surface area (Å²) in [5, 5.41) is 28.6. The molecule has 2 aromatic rings. The summed E-state index contributed by atoms with van der Waals surface area (Å²) < 4.78 is 0. The summed E-state index contributed by atoms with van der Waals surface area (Å²) in [5.74, 6) is -1.19. The van der Waals surface area contributed by atoms with Gasteiger partial charge in [-0.3, -0.25) is 29.0 Å². The molecular weight excluding hydrogens is 669 g/mol. The second-order valence-corrected chi connectivity index (χ2v) is 18.7. The number of likely N-dealkylation sites (N-methyl/N-ethyl adjacent to an activating group) is 2. The van der Waals surface area contributed by atoms with E-state index >= 15 is 0 Å². The van der Waals surface area contributed by atoms with Crippen LogP contribution in [0.5, 0.6) is 0 Å². The quantitative estimate of drug-likeness (QED) is 0.344. The lowest BCUT2D eigenvalue weighted by Crippen LogP contribution is -2.77. The number of hydrogen-bond donors (Lipinski definition) is 4. The Balaban J connectivity index is 1.29. The molecule has 16 heteroatoms. The van der Waals surface area contributed by atoms with Crippen molar-refractivity contribution in [3.8, 4) is 0 Å². The van der Waals surface area contributed by atoms with Gasteiger partial charge < -0.3 is 30.6 Å². The molecule has 8 atom stereocenters. The third-order valence-electron chi connectivity index (χ3n) is 12.0. The molecule has 10 heterocycles. The largest absolute Gasteiger partial charge is 0.392 e. The van der Waals surface area contributed by atoms with E-state index in [-0.39, 0.29) is 36.5 Å². The number of carbonyl (C=O) groups is 4. The van der Waals surface area contributed by atoms with Gasteiger partial charge in [-0.1, -0.05) is 58.0 Å². The fraction of sp³-hybridized carbons (Fsp3) is 0.467. The number of para-hydroxylation sites is 2. The van der Waals surface area contributed by atoms with Crippen LogP contribution in [0, 0.1) is 0 Å². The van der Waals surface area contributed by atoms with Gasteiger partial charge in [0.05, 0.1) is 24.0 Å². The Bertz CT molecular complexity index is 1740. The molecular formula is C30H28N6O6S4. The minimum absolute atomic E-state index is 0.223. The van der Waals surface area contributed by atoms with Gasteiger partial charge in [-0.15, -0.1) is 0 Å². The van der Waals surface area contributed by atoms with E-state index in [9.17, 15) is 29.4 Å². The lowest BCUT2D eigenvalue weighted by atomic mass is 9.54. The number of amides is 4. The first-order valence-electron chi connectivity index (χ1n) is 15.0. The maximum absolute atomic E-state index is 14.7. The maximum atomic E-state index is 14.7. The zero-order valence-corrected chi connectivity index (χ0v) is 27.8. The van der Waals surface area contributed by atoms with Gasteiger partial charge in [0.1, 0.15) is 12.3 Å². The zero-order chi connectivity index (χ0) is 31.8. The van der Waals surface area contributed by atoms with E-state index in [1.165, 1.54) is 53.0 Å². The molecule has 12 rings (SSSR count). The minimum atomic E-state index is -1.47. The van der Waals surface area contributed by atoms with Gasteiger partial charge >= 0.3 is 0 Å². The summed E-state index contributed by atoms with van der Waals surface area (Å²) in [6.07, 6.45) is -1.01. The highest BCUT2D eigenvalue weighted by molar-refractivity contribution is 8.78. The Kier molecular flexibility index (Phi) is 5.08. The van der Waals surface area contributed by atoms with Crippen LogP contribution in [0.1, 0.15) is 24.0 Å². The summed E-state index contributed by atoms with van der Waals surface area (Å²) in [6, 6.07) is 15.8. The topological polar surface area (TPSA) is 146 Å². The van der Waals surface area contributed by atoms with Crippen molar-refractivity contribution in [2.75, 3.05) is 37.9 Å². The lowest BCUT2D eigenvalue weighted by molar-refractivity contribution is -0.166. The molecule has 0 radical (unpaired) electrons. The number of hydrogen-bond acceptors (Lipinski definition) is 12. The Morgan fingerprint density at radius 3 is 1.43 bits per heavy atom. The Morgan fingerprint density at radius 2 is 1.04 bits per heavy atom. The summed E-state index contributed by atoms with van der Waals surface area (Å²) in [7, 11) is 8.28. The van der Waals surface area contributed by atoms with Crippen molar-refractivity contribution < 1.29 is 29.4 Å². The SMILES string of the molecule is CN1C(=O)[C@]23CC4([C@@]56C[C@]78SS[C@](CO)(C(=O)N7[C@@H]5Nc5ccccc56)N(C)C8=O)c5ccccc5N[C@H]4N2C(=O)[C@@]1(CO)SS3. The lowest BCUT2D eigenvalue weighted by Gasteiger charge is -2.57. The van der Waals surface area contributed by atoms with Crippen LogP contribution in [0.2, 0.25) is 0 Å². The summed E-state index contributed by atoms with van der Waals surface area (Å²) >= 11 is 0. The number of carbonyl (C=O) groups excluding carboxylic acids is 4. The Morgan fingerprint density at radius 1 is 0.652 bits per heavy atom. The summed E-state index contributed by atoms with van der Waals surface area (Å²) in [5.41, 5.74) is 1.45. The van der Waals surface area contributed by atoms with Crippen molar-refractivity contribution in [3.63, 3.8) is 0 Å². The minimum Gasteiger partial charge on any atom is -0.392 e. The van der Waals surface area contributed by atoms with E-state index in [2.05, 4.69) is 10.6 Å². The Hall–Kier alpha value is -2.76. The molecule has 10 aliphatic heterocycles. The molecule has 2 aromatic carbocycles. The molecule has 10 aliphatic rings. The molecule has 8 saturated heterocycles. The number of benzene rings is 2. The van der Waals surface area contributed by atoms with Crippen LogP contribution in [-0.2, 0) is 30.0 Å². The zero-order valence-electron chi connectivity index (χ0n) is 24.6. The predicted molar refractivity (Wildman–Crippen MR) is 175 cm³/mol. The third-order valence-corrected chi connectivity index (χ3v) is 19.3. The predicted octanol–water partition coefficient (Wildman–Crippen LogP) is 1.33. The number of aliphatic hydroxyl groups excluding tert-OH is 2. The number of nitrogens with zero attached hydrogens (tertiary/aromatic N) is 4. The molecule has 1 unspecified atom stereocenters. The fourth-order valence-corrected chi connectivity index (χ4v) is 17.2. The van der Waals surface area contributed by atoms with E-state index in [4.69, 9.17) is 0 Å². The van der Waals surface area contributed by atoms with Crippen molar-refractivity contribution in [2.24, 2.45) is 0 Å². The molecule has 238 valence electrons. The second kappa shape index (κ2) is 8.26. The van der Waals surface area contributed by atoms with Crippen LogP contribution in [0.25, 0.3) is 0 Å². The molecule has 12 nitrogen and oxygen atoms in total. The highest BCUT2D eigenvalue weighted by atomic mass is 33.1. The second-order valence-electron chi connectivity index (χ2n) is 13.3. The van der Waals surface area contributed by atoms with E-state index in [0.717, 1.165) is 22.5 Å². The first kappa shape index (κ1) is 28.3. The number of fused-ring (bicyclic) bond motifs is 11. The van der Waals surface area contributed by atoms with Crippen LogP contribution in [0.15, 0.2) is 48.5 Å². The van der Waals surface area contributed by atoms with Crippen LogP contribution >= 0.6 is 43.2 Å². The molecule has 0 aromatic heterocycles. The monoisotopic (exact) mass is 696 g/mol.